The summed E-state index contributed by atoms with van der Waals surface area (Å²) in [5.74, 6) is 0. The molecule has 0 spiro atoms. The predicted octanol–water partition coefficient (Wildman–Crippen LogP) is 4.98. The Morgan fingerprint density at radius 1 is 0.750 bits per heavy atom. The second kappa shape index (κ2) is 11.2. The van der Waals surface area contributed by atoms with Crippen LogP contribution in [0.5, 0.6) is 0 Å². The zero-order chi connectivity index (χ0) is 10.8. The Kier molecular flexibility index (Phi) is 11.0. The summed E-state index contributed by atoms with van der Waals surface area (Å²) in [6.45, 7) is 2.27. The van der Waals surface area contributed by atoms with Gasteiger partial charge in [-0.2, -0.15) is 0 Å². The summed E-state index contributed by atoms with van der Waals surface area (Å²) in [5, 5.41) is 0. The van der Waals surface area contributed by atoms with Crippen molar-refractivity contribution in [3.05, 3.63) is 35.9 Å². The van der Waals surface area contributed by atoms with E-state index in [0.717, 1.165) is 0 Å². The van der Waals surface area contributed by atoms with Crippen molar-refractivity contribution in [2.75, 3.05) is 0 Å². The van der Waals surface area contributed by atoms with Crippen LogP contribution in [0, 0.1) is 0 Å². The fraction of sp³-hybridized carbons (Fsp3) is 0.600. The molecule has 0 unspecified atom stereocenters. The van der Waals surface area contributed by atoms with Crippen LogP contribution in [0.25, 0.3) is 0 Å². The number of unbranched alkanes of at least 4 members (excludes halogenated alkanes) is 6. The molecule has 0 N–H and O–H groups in total. The van der Waals surface area contributed by atoms with Crippen molar-refractivity contribution in [1.29, 1.82) is 0 Å². The first-order chi connectivity index (χ1) is 7.43. The van der Waals surface area contributed by atoms with E-state index < -0.39 is 0 Å². The van der Waals surface area contributed by atoms with E-state index in [1.807, 2.05) is 0 Å². The normalized spacial score (nSPS) is 9.81. The topological polar surface area (TPSA) is 0 Å². The van der Waals surface area contributed by atoms with E-state index in [1.54, 1.807) is 0 Å². The van der Waals surface area contributed by atoms with Gasteiger partial charge in [0.1, 0.15) is 0 Å². The van der Waals surface area contributed by atoms with E-state index in [4.69, 9.17) is 0 Å². The molecular formula is C15H24Cu. The monoisotopic (exact) mass is 267 g/mol. The van der Waals surface area contributed by atoms with Gasteiger partial charge in [-0.1, -0.05) is 75.8 Å². The molecule has 0 fully saturated rings. The van der Waals surface area contributed by atoms with Crippen molar-refractivity contribution < 1.29 is 17.1 Å². The molecule has 1 rings (SSSR count). The molecular weight excluding hydrogens is 244 g/mol. The second-order valence-electron chi connectivity index (χ2n) is 4.36. The predicted molar refractivity (Wildman–Crippen MR) is 68.1 cm³/mol. The average Bonchev–Trinajstić information content (AvgIpc) is 2.29. The van der Waals surface area contributed by atoms with Gasteiger partial charge in [-0.15, -0.1) is 0 Å². The third-order valence-electron chi connectivity index (χ3n) is 2.91. The molecule has 0 aliphatic heterocycles. The Labute approximate surface area is 111 Å². The number of hydrogen-bond donors (Lipinski definition) is 0. The van der Waals surface area contributed by atoms with Crippen LogP contribution in [0.4, 0.5) is 0 Å². The van der Waals surface area contributed by atoms with Gasteiger partial charge in [0.25, 0.3) is 0 Å². The van der Waals surface area contributed by atoms with Crippen LogP contribution in [0.15, 0.2) is 30.3 Å². The number of benzene rings is 1. The quantitative estimate of drug-likeness (QED) is 0.460. The summed E-state index contributed by atoms with van der Waals surface area (Å²) < 4.78 is 0. The smallest absolute Gasteiger partial charge is 0 e. The van der Waals surface area contributed by atoms with E-state index in [0.29, 0.717) is 0 Å². The molecule has 0 saturated carbocycles. The second-order valence-corrected chi connectivity index (χ2v) is 4.36. The molecule has 0 amide bonds. The SMILES string of the molecule is CCCCCCCCCc1ccccc1.[Cu]. The summed E-state index contributed by atoms with van der Waals surface area (Å²) >= 11 is 0. The minimum Gasteiger partial charge on any atom is -0.0654 e. The van der Waals surface area contributed by atoms with Crippen LogP contribution in [0.1, 0.15) is 57.4 Å². The van der Waals surface area contributed by atoms with Gasteiger partial charge >= 0.3 is 0 Å². The van der Waals surface area contributed by atoms with Gasteiger partial charge in [0.2, 0.25) is 0 Å². The zero-order valence-electron chi connectivity index (χ0n) is 10.3. The molecule has 1 aromatic rings. The molecule has 0 nitrogen and oxygen atoms in total. The molecule has 0 bridgehead atoms. The Morgan fingerprint density at radius 3 is 1.94 bits per heavy atom. The standard InChI is InChI=1S/C15H24.Cu/c1-2-3-4-5-6-7-9-12-15-13-10-8-11-14-15;/h8,10-11,13-14H,2-7,9,12H2,1H3;. The van der Waals surface area contributed by atoms with E-state index in [2.05, 4.69) is 37.3 Å². The molecule has 1 aromatic carbocycles. The maximum absolute atomic E-state index is 2.27. The van der Waals surface area contributed by atoms with Crippen LogP contribution >= 0.6 is 0 Å². The first-order valence-electron chi connectivity index (χ1n) is 6.47. The molecule has 1 radical (unpaired) electrons. The summed E-state index contributed by atoms with van der Waals surface area (Å²) in [6, 6.07) is 10.8. The molecule has 0 aromatic heterocycles. The van der Waals surface area contributed by atoms with Gasteiger partial charge < -0.3 is 0 Å². The largest absolute Gasteiger partial charge is 0.0654 e. The van der Waals surface area contributed by atoms with Gasteiger partial charge in [-0.05, 0) is 18.4 Å². The third kappa shape index (κ3) is 7.96. The van der Waals surface area contributed by atoms with Gasteiger partial charge in [-0.25, -0.2) is 0 Å². The molecule has 0 saturated heterocycles. The first kappa shape index (κ1) is 15.7. The fourth-order valence-corrected chi connectivity index (χ4v) is 1.93. The zero-order valence-corrected chi connectivity index (χ0v) is 11.3. The first-order valence-corrected chi connectivity index (χ1v) is 6.47. The summed E-state index contributed by atoms with van der Waals surface area (Å²) in [4.78, 5) is 0. The fourth-order valence-electron chi connectivity index (χ4n) is 1.93. The van der Waals surface area contributed by atoms with Crippen molar-refractivity contribution >= 4 is 0 Å². The van der Waals surface area contributed by atoms with E-state index >= 15 is 0 Å². The van der Waals surface area contributed by atoms with Crippen molar-refractivity contribution in [1.82, 2.24) is 0 Å². The Balaban J connectivity index is 0.00000225. The molecule has 95 valence electrons. The van der Waals surface area contributed by atoms with Crippen molar-refractivity contribution in [3.63, 3.8) is 0 Å². The van der Waals surface area contributed by atoms with Crippen molar-refractivity contribution in [3.8, 4) is 0 Å². The Morgan fingerprint density at radius 2 is 1.31 bits per heavy atom. The van der Waals surface area contributed by atoms with Crippen LogP contribution in [0.3, 0.4) is 0 Å². The van der Waals surface area contributed by atoms with Crippen LogP contribution < -0.4 is 0 Å². The molecule has 0 aliphatic rings. The molecule has 0 aliphatic carbocycles. The van der Waals surface area contributed by atoms with Crippen LogP contribution in [-0.2, 0) is 23.5 Å². The molecule has 0 heterocycles. The van der Waals surface area contributed by atoms with Gasteiger partial charge in [0.05, 0.1) is 0 Å². The molecule has 16 heavy (non-hydrogen) atoms. The minimum atomic E-state index is 0. The van der Waals surface area contributed by atoms with E-state index in [-0.39, 0.29) is 17.1 Å². The Bertz CT molecular complexity index is 230. The number of aryl methyl sites for hydroxylation is 1. The third-order valence-corrected chi connectivity index (χ3v) is 2.91. The summed E-state index contributed by atoms with van der Waals surface area (Å²) in [5.41, 5.74) is 1.49. The van der Waals surface area contributed by atoms with Gasteiger partial charge in [-0.3, -0.25) is 0 Å². The van der Waals surface area contributed by atoms with Crippen LogP contribution in [0.2, 0.25) is 0 Å². The molecule has 1 heteroatoms. The minimum absolute atomic E-state index is 0. The number of hydrogen-bond acceptors (Lipinski definition) is 0. The van der Waals surface area contributed by atoms with E-state index in [1.165, 1.54) is 56.9 Å². The van der Waals surface area contributed by atoms with Crippen molar-refractivity contribution in [2.45, 2.75) is 58.3 Å². The van der Waals surface area contributed by atoms with Gasteiger partial charge in [0.15, 0.2) is 0 Å². The summed E-state index contributed by atoms with van der Waals surface area (Å²) in [6.07, 6.45) is 11.1. The maximum Gasteiger partial charge on any atom is 0 e. The average molecular weight is 268 g/mol. The number of rotatable bonds is 8. The maximum atomic E-state index is 2.27. The van der Waals surface area contributed by atoms with Crippen molar-refractivity contribution in [2.24, 2.45) is 0 Å². The Hall–Kier alpha value is -0.261. The van der Waals surface area contributed by atoms with E-state index in [9.17, 15) is 0 Å². The molecule has 0 atom stereocenters. The van der Waals surface area contributed by atoms with Crippen LogP contribution in [-0.4, -0.2) is 0 Å². The van der Waals surface area contributed by atoms with Gasteiger partial charge in [0, 0.05) is 17.1 Å². The summed E-state index contributed by atoms with van der Waals surface area (Å²) in [7, 11) is 0.